The van der Waals surface area contributed by atoms with E-state index in [1.165, 1.54) is 6.07 Å². The average Bonchev–Trinajstić information content (AvgIpc) is 2.64. The van der Waals surface area contributed by atoms with Crippen LogP contribution < -0.4 is 16.0 Å². The molecule has 0 bridgehead atoms. The molecule has 1 aliphatic rings. The first-order valence-corrected chi connectivity index (χ1v) is 8.88. The highest BCUT2D eigenvalue weighted by molar-refractivity contribution is 6.30. The van der Waals surface area contributed by atoms with E-state index in [-0.39, 0.29) is 16.9 Å². The molecular weight excluding hydrogens is 413 g/mol. The number of alkyl halides is 3. The minimum Gasteiger partial charge on any atom is -0.393 e. The van der Waals surface area contributed by atoms with Crippen molar-refractivity contribution < 1.29 is 22.9 Å². The zero-order valence-electron chi connectivity index (χ0n) is 14.9. The Morgan fingerprint density at radius 1 is 1.28 bits per heavy atom. The molecule has 0 fully saturated rings. The highest BCUT2D eigenvalue weighted by Gasteiger charge is 2.30. The normalized spacial score (nSPS) is 13.7. The number of anilines is 2. The monoisotopic (exact) mass is 428 g/mol. The van der Waals surface area contributed by atoms with Gasteiger partial charge in [0.2, 0.25) is 0 Å². The van der Waals surface area contributed by atoms with Crippen LogP contribution in [0.2, 0.25) is 5.02 Å². The zero-order chi connectivity index (χ0) is 21.3. The summed E-state index contributed by atoms with van der Waals surface area (Å²) in [4.78, 5) is 24.6. The first kappa shape index (κ1) is 20.7. The number of nitro groups is 1. The summed E-state index contributed by atoms with van der Waals surface area (Å²) in [5.74, 6) is -1.07. The predicted molar refractivity (Wildman–Crippen MR) is 102 cm³/mol. The summed E-state index contributed by atoms with van der Waals surface area (Å²) in [6, 6.07) is 7.56. The van der Waals surface area contributed by atoms with E-state index in [0.717, 1.165) is 17.2 Å². The van der Waals surface area contributed by atoms with E-state index >= 15 is 0 Å². The van der Waals surface area contributed by atoms with Gasteiger partial charge in [-0.3, -0.25) is 14.9 Å². The van der Waals surface area contributed by atoms with Crippen LogP contribution >= 0.6 is 11.6 Å². The van der Waals surface area contributed by atoms with Crippen molar-refractivity contribution in [1.29, 1.82) is 0 Å². The second-order valence-electron chi connectivity index (χ2n) is 6.57. The quantitative estimate of drug-likeness (QED) is 0.439. The molecule has 1 amide bonds. The molecule has 2 aromatic rings. The summed E-state index contributed by atoms with van der Waals surface area (Å²) < 4.78 is 37.5. The lowest BCUT2D eigenvalue weighted by atomic mass is 9.98. The number of nitrogens with zero attached hydrogens (tertiary/aromatic N) is 2. The topological polar surface area (TPSA) is 102 Å². The van der Waals surface area contributed by atoms with Gasteiger partial charge in [-0.1, -0.05) is 17.7 Å². The molecule has 3 rings (SSSR count). The Morgan fingerprint density at radius 2 is 2.00 bits per heavy atom. The largest absolute Gasteiger partial charge is 0.405 e. The lowest BCUT2D eigenvalue weighted by Crippen LogP contribution is -2.36. The number of halogens is 4. The fourth-order valence-corrected chi connectivity index (χ4v) is 3.40. The number of nitrogens with one attached hydrogen (secondary N) is 1. The number of benzene rings is 2. The fraction of sp³-hybridized carbons (Fsp3) is 0.278. The molecule has 1 aliphatic heterocycles. The maximum absolute atomic E-state index is 12.5. The van der Waals surface area contributed by atoms with Crippen LogP contribution in [0.25, 0.3) is 0 Å². The Kier molecular flexibility index (Phi) is 5.56. The van der Waals surface area contributed by atoms with Gasteiger partial charge in [0.05, 0.1) is 16.2 Å². The highest BCUT2D eigenvalue weighted by atomic mass is 35.5. The molecule has 0 spiro atoms. The smallest absolute Gasteiger partial charge is 0.393 e. The van der Waals surface area contributed by atoms with Crippen LogP contribution in [0, 0.1) is 10.1 Å². The van der Waals surface area contributed by atoms with Crippen LogP contribution in [0.1, 0.15) is 21.5 Å². The Morgan fingerprint density at radius 3 is 2.66 bits per heavy atom. The van der Waals surface area contributed by atoms with Crippen LogP contribution in [0.5, 0.6) is 0 Å². The molecule has 2 aromatic carbocycles. The van der Waals surface area contributed by atoms with Crippen molar-refractivity contribution in [2.24, 2.45) is 0 Å². The maximum Gasteiger partial charge on any atom is 0.405 e. The number of amides is 1. The first-order chi connectivity index (χ1) is 13.5. The Hall–Kier alpha value is -3.01. The van der Waals surface area contributed by atoms with E-state index in [2.05, 4.69) is 0 Å². The molecule has 0 saturated heterocycles. The number of nitrogen functional groups attached to an aromatic ring is 1. The molecule has 0 unspecified atom stereocenters. The average molecular weight is 429 g/mol. The lowest BCUT2D eigenvalue weighted by Gasteiger charge is -2.32. The number of nitro benzene ring substituents is 1. The van der Waals surface area contributed by atoms with Gasteiger partial charge in [-0.05, 0) is 35.7 Å². The van der Waals surface area contributed by atoms with Gasteiger partial charge in [-0.25, -0.2) is 0 Å². The van der Waals surface area contributed by atoms with Gasteiger partial charge in [0, 0.05) is 24.2 Å². The molecule has 29 heavy (non-hydrogen) atoms. The van der Waals surface area contributed by atoms with Gasteiger partial charge >= 0.3 is 6.18 Å². The minimum absolute atomic E-state index is 0.186. The highest BCUT2D eigenvalue weighted by Crippen LogP contribution is 2.34. The second-order valence-corrected chi connectivity index (χ2v) is 7.00. The lowest BCUT2D eigenvalue weighted by molar-refractivity contribution is -0.383. The Labute approximate surface area is 168 Å². The van der Waals surface area contributed by atoms with E-state index < -0.39 is 29.2 Å². The molecule has 0 atom stereocenters. The molecule has 7 nitrogen and oxygen atoms in total. The summed E-state index contributed by atoms with van der Waals surface area (Å²) in [6.45, 7) is -0.778. The molecule has 154 valence electrons. The molecule has 3 N–H and O–H groups in total. The molecule has 1 heterocycles. The van der Waals surface area contributed by atoms with Crippen molar-refractivity contribution in [3.05, 3.63) is 62.2 Å². The van der Waals surface area contributed by atoms with Crippen LogP contribution in [0.4, 0.5) is 30.2 Å². The van der Waals surface area contributed by atoms with Crippen molar-refractivity contribution in [2.75, 3.05) is 23.7 Å². The SMILES string of the molecule is Nc1cc(N2CCc3ccc(Cl)cc3C2)c(C(=O)NCC(F)(F)F)cc1[N+](=O)[O-]. The number of nitrogens with two attached hydrogens (primary N) is 1. The van der Waals surface area contributed by atoms with Crippen molar-refractivity contribution in [2.45, 2.75) is 19.1 Å². The number of hydrogen-bond acceptors (Lipinski definition) is 5. The number of fused-ring (bicyclic) bond motifs is 1. The van der Waals surface area contributed by atoms with Gasteiger partial charge in [-0.2, -0.15) is 13.2 Å². The standard InChI is InChI=1S/C18H16ClF3N4O3/c19-12-2-1-10-3-4-25(8-11(10)5-12)15-7-14(23)16(26(28)29)6-13(15)17(27)24-9-18(20,21)22/h1-2,5-7H,3-4,8-9,23H2,(H,24,27). The van der Waals surface area contributed by atoms with Crippen LogP contribution in [0.3, 0.4) is 0 Å². The van der Waals surface area contributed by atoms with E-state index in [0.29, 0.717) is 24.5 Å². The van der Waals surface area contributed by atoms with E-state index in [1.54, 1.807) is 22.3 Å². The van der Waals surface area contributed by atoms with Crippen molar-refractivity contribution >= 4 is 34.6 Å². The number of hydrogen-bond donors (Lipinski definition) is 2. The van der Waals surface area contributed by atoms with Crippen molar-refractivity contribution in [3.8, 4) is 0 Å². The third kappa shape index (κ3) is 4.70. The van der Waals surface area contributed by atoms with Crippen molar-refractivity contribution in [3.63, 3.8) is 0 Å². The van der Waals surface area contributed by atoms with Gasteiger partial charge in [-0.15, -0.1) is 0 Å². The van der Waals surface area contributed by atoms with Crippen LogP contribution in [0.15, 0.2) is 30.3 Å². The third-order valence-corrected chi connectivity index (χ3v) is 4.79. The number of rotatable bonds is 4. The molecular formula is C18H16ClF3N4O3. The van der Waals surface area contributed by atoms with Gasteiger partial charge < -0.3 is 16.0 Å². The van der Waals surface area contributed by atoms with Crippen molar-refractivity contribution in [1.82, 2.24) is 5.32 Å². The van der Waals surface area contributed by atoms with Crippen LogP contribution in [-0.4, -0.2) is 30.1 Å². The van der Waals surface area contributed by atoms with Gasteiger partial charge in [0.15, 0.2) is 0 Å². The zero-order valence-corrected chi connectivity index (χ0v) is 15.7. The van der Waals surface area contributed by atoms with Gasteiger partial charge in [0.25, 0.3) is 11.6 Å². The number of carbonyl (C=O) groups excluding carboxylic acids is 1. The number of carbonyl (C=O) groups is 1. The summed E-state index contributed by atoms with van der Waals surface area (Å²) in [6.07, 6.45) is -4.01. The second kappa shape index (κ2) is 7.78. The van der Waals surface area contributed by atoms with E-state index in [4.69, 9.17) is 17.3 Å². The molecule has 11 heteroatoms. The predicted octanol–water partition coefficient (Wildman–Crippen LogP) is 3.69. The summed E-state index contributed by atoms with van der Waals surface area (Å²) >= 11 is 6.03. The Bertz CT molecular complexity index is 982. The molecule has 0 aliphatic carbocycles. The summed E-state index contributed by atoms with van der Waals surface area (Å²) in [5, 5.41) is 13.5. The van der Waals surface area contributed by atoms with Crippen LogP contribution in [-0.2, 0) is 13.0 Å². The van der Waals surface area contributed by atoms with E-state index in [1.807, 2.05) is 6.07 Å². The third-order valence-electron chi connectivity index (χ3n) is 4.56. The molecule has 0 saturated carbocycles. The van der Waals surface area contributed by atoms with E-state index in [9.17, 15) is 28.1 Å². The van der Waals surface area contributed by atoms with Gasteiger partial charge in [0.1, 0.15) is 12.2 Å². The first-order valence-electron chi connectivity index (χ1n) is 8.50. The maximum atomic E-state index is 12.5. The molecule has 0 aromatic heterocycles. The Balaban J connectivity index is 2.00. The minimum atomic E-state index is -4.61. The fourth-order valence-electron chi connectivity index (χ4n) is 3.20. The summed E-state index contributed by atoms with van der Waals surface area (Å²) in [5.41, 5.74) is 6.94. The molecule has 0 radical (unpaired) electrons. The summed E-state index contributed by atoms with van der Waals surface area (Å²) in [7, 11) is 0.